The van der Waals surface area contributed by atoms with Gasteiger partial charge in [-0.1, -0.05) is 31.2 Å². The van der Waals surface area contributed by atoms with E-state index < -0.39 is 0 Å². The number of hydrogen-bond acceptors (Lipinski definition) is 5. The van der Waals surface area contributed by atoms with Crippen molar-refractivity contribution in [2.45, 2.75) is 24.9 Å². The summed E-state index contributed by atoms with van der Waals surface area (Å²) in [4.78, 5) is 8.99. The van der Waals surface area contributed by atoms with Crippen molar-refractivity contribution < 1.29 is 4.39 Å². The van der Waals surface area contributed by atoms with E-state index in [0.717, 1.165) is 53.2 Å². The van der Waals surface area contributed by atoms with Crippen molar-refractivity contribution in [2.24, 2.45) is 0 Å². The van der Waals surface area contributed by atoms with Gasteiger partial charge in [-0.05, 0) is 55.1 Å². The summed E-state index contributed by atoms with van der Waals surface area (Å²) in [5.74, 6) is 0.650. The zero-order valence-electron chi connectivity index (χ0n) is 16.4. The van der Waals surface area contributed by atoms with Gasteiger partial charge in [-0.3, -0.25) is 0 Å². The zero-order valence-corrected chi connectivity index (χ0v) is 17.2. The predicted molar refractivity (Wildman–Crippen MR) is 117 cm³/mol. The number of rotatable bonds is 7. The molecule has 0 saturated heterocycles. The molecule has 0 amide bonds. The molecule has 3 heterocycles. The summed E-state index contributed by atoms with van der Waals surface area (Å²) in [7, 11) is 0. The fraction of sp³-hybridized carbons (Fsp3) is 0.227. The van der Waals surface area contributed by atoms with Crippen molar-refractivity contribution in [1.82, 2.24) is 19.6 Å². The molecule has 5 nitrogen and oxygen atoms in total. The average Bonchev–Trinajstić information content (AvgIpc) is 3.15. The first-order valence-corrected chi connectivity index (χ1v) is 10.8. The van der Waals surface area contributed by atoms with Crippen molar-refractivity contribution in [1.29, 1.82) is 0 Å². The van der Waals surface area contributed by atoms with E-state index in [2.05, 4.69) is 17.2 Å². The number of nitrogens with one attached hydrogen (secondary N) is 1. The lowest BCUT2D eigenvalue weighted by molar-refractivity contribution is 0.628. The largest absolute Gasteiger partial charge is 0.370 e. The van der Waals surface area contributed by atoms with Crippen LogP contribution in [-0.4, -0.2) is 32.4 Å². The monoisotopic (exact) mass is 407 g/mol. The van der Waals surface area contributed by atoms with Crippen molar-refractivity contribution >= 4 is 23.1 Å². The molecule has 0 aliphatic rings. The molecule has 0 unspecified atom stereocenters. The summed E-state index contributed by atoms with van der Waals surface area (Å²) in [6, 6.07) is 14.4. The van der Waals surface area contributed by atoms with Crippen LogP contribution >= 0.6 is 11.8 Å². The lowest BCUT2D eigenvalue weighted by Gasteiger charge is -2.08. The topological polar surface area (TPSA) is 55.1 Å². The van der Waals surface area contributed by atoms with Crippen molar-refractivity contribution in [3.63, 3.8) is 0 Å². The second-order valence-electron chi connectivity index (χ2n) is 6.65. The first-order valence-electron chi connectivity index (χ1n) is 9.60. The maximum Gasteiger partial charge on any atom is 0.187 e. The second kappa shape index (κ2) is 8.61. The number of benzene rings is 1. The fourth-order valence-electron chi connectivity index (χ4n) is 3.24. The normalized spacial score (nSPS) is 11.1. The van der Waals surface area contributed by atoms with Crippen LogP contribution in [0, 0.1) is 5.82 Å². The fourth-order valence-corrected chi connectivity index (χ4v) is 3.59. The lowest BCUT2D eigenvalue weighted by atomic mass is 10.0. The van der Waals surface area contributed by atoms with Crippen molar-refractivity contribution in [3.8, 4) is 22.5 Å². The number of thioether (sulfide) groups is 1. The highest BCUT2D eigenvalue weighted by molar-refractivity contribution is 7.98. The Morgan fingerprint density at radius 3 is 2.69 bits per heavy atom. The molecule has 0 aliphatic carbocycles. The Balaban J connectivity index is 1.93. The Hall–Kier alpha value is -2.93. The van der Waals surface area contributed by atoms with E-state index in [4.69, 9.17) is 10.1 Å². The number of fused-ring (bicyclic) bond motifs is 1. The number of halogens is 1. The highest BCUT2D eigenvalue weighted by Crippen LogP contribution is 2.35. The molecular weight excluding hydrogens is 385 g/mol. The van der Waals surface area contributed by atoms with E-state index in [1.807, 2.05) is 35.0 Å². The minimum Gasteiger partial charge on any atom is -0.370 e. The van der Waals surface area contributed by atoms with Gasteiger partial charge >= 0.3 is 0 Å². The predicted octanol–water partition coefficient (Wildman–Crippen LogP) is 5.53. The van der Waals surface area contributed by atoms with E-state index in [1.54, 1.807) is 18.3 Å². The minimum atomic E-state index is -0.271. The van der Waals surface area contributed by atoms with Gasteiger partial charge in [0.15, 0.2) is 5.16 Å². The van der Waals surface area contributed by atoms with Crippen LogP contribution in [0.25, 0.3) is 28.0 Å². The van der Waals surface area contributed by atoms with Gasteiger partial charge in [0.2, 0.25) is 0 Å². The molecule has 0 atom stereocenters. The molecule has 7 heteroatoms. The number of unbranched alkanes of at least 4 members (excludes halogenated alkanes) is 1. The van der Waals surface area contributed by atoms with Crippen LogP contribution in [0.2, 0.25) is 0 Å². The molecule has 29 heavy (non-hydrogen) atoms. The molecule has 0 spiro atoms. The van der Waals surface area contributed by atoms with Crippen LogP contribution in [0.1, 0.15) is 19.8 Å². The summed E-state index contributed by atoms with van der Waals surface area (Å²) in [6.07, 6.45) is 5.91. The SMILES string of the molecule is CCCCNc1cccc2c(-c3ccnc(SC)n3)c(-c3ccc(F)cc3)nn12. The lowest BCUT2D eigenvalue weighted by Crippen LogP contribution is -2.06. The van der Waals surface area contributed by atoms with Crippen LogP contribution in [0.5, 0.6) is 0 Å². The molecule has 0 radical (unpaired) electrons. The smallest absolute Gasteiger partial charge is 0.187 e. The summed E-state index contributed by atoms with van der Waals surface area (Å²) in [5, 5.41) is 9.05. The van der Waals surface area contributed by atoms with E-state index in [-0.39, 0.29) is 5.82 Å². The second-order valence-corrected chi connectivity index (χ2v) is 7.42. The van der Waals surface area contributed by atoms with Gasteiger partial charge in [0.05, 0.1) is 16.8 Å². The van der Waals surface area contributed by atoms with Gasteiger partial charge in [-0.25, -0.2) is 18.9 Å². The third-order valence-corrected chi connectivity index (χ3v) is 5.25. The Morgan fingerprint density at radius 2 is 1.93 bits per heavy atom. The van der Waals surface area contributed by atoms with E-state index in [1.165, 1.54) is 23.9 Å². The first-order chi connectivity index (χ1) is 14.2. The van der Waals surface area contributed by atoms with Gasteiger partial charge in [-0.2, -0.15) is 5.10 Å². The number of nitrogens with zero attached hydrogens (tertiary/aromatic N) is 4. The van der Waals surface area contributed by atoms with Gasteiger partial charge in [0.1, 0.15) is 17.3 Å². The average molecular weight is 408 g/mol. The highest BCUT2D eigenvalue weighted by Gasteiger charge is 2.19. The standard InChI is InChI=1S/C22H22FN5S/c1-3-4-13-24-19-7-5-6-18-20(17-12-14-25-22(26-17)29-2)21(27-28(18)19)15-8-10-16(23)11-9-15/h5-12,14,24H,3-4,13H2,1-2H3. The Labute approximate surface area is 173 Å². The van der Waals surface area contributed by atoms with E-state index >= 15 is 0 Å². The summed E-state index contributed by atoms with van der Waals surface area (Å²) in [6.45, 7) is 3.04. The summed E-state index contributed by atoms with van der Waals surface area (Å²) in [5.41, 5.74) is 4.25. The van der Waals surface area contributed by atoms with E-state index in [9.17, 15) is 4.39 Å². The van der Waals surface area contributed by atoms with Crippen LogP contribution in [0.3, 0.4) is 0 Å². The van der Waals surface area contributed by atoms with Gasteiger partial charge < -0.3 is 5.32 Å². The molecular formula is C22H22FN5S. The molecule has 4 rings (SSSR count). The summed E-state index contributed by atoms with van der Waals surface area (Å²) >= 11 is 1.49. The Bertz CT molecular complexity index is 1120. The quantitative estimate of drug-likeness (QED) is 0.248. The molecule has 0 saturated carbocycles. The third-order valence-electron chi connectivity index (χ3n) is 4.68. The Morgan fingerprint density at radius 1 is 1.10 bits per heavy atom. The molecule has 0 fully saturated rings. The Kier molecular flexibility index (Phi) is 5.76. The molecule has 0 aliphatic heterocycles. The van der Waals surface area contributed by atoms with Crippen LogP contribution in [-0.2, 0) is 0 Å². The summed E-state index contributed by atoms with van der Waals surface area (Å²) < 4.78 is 15.4. The molecule has 1 N–H and O–H groups in total. The molecule has 1 aromatic carbocycles. The van der Waals surface area contributed by atoms with Crippen LogP contribution in [0.4, 0.5) is 10.2 Å². The number of pyridine rings is 1. The van der Waals surface area contributed by atoms with E-state index in [0.29, 0.717) is 5.16 Å². The van der Waals surface area contributed by atoms with Crippen LogP contribution < -0.4 is 5.32 Å². The molecule has 3 aromatic heterocycles. The minimum absolute atomic E-state index is 0.271. The highest BCUT2D eigenvalue weighted by atomic mass is 32.2. The molecule has 4 aromatic rings. The van der Waals surface area contributed by atoms with Crippen molar-refractivity contribution in [3.05, 3.63) is 60.5 Å². The molecule has 148 valence electrons. The molecule has 0 bridgehead atoms. The zero-order chi connectivity index (χ0) is 20.2. The first kappa shape index (κ1) is 19.4. The maximum atomic E-state index is 13.5. The van der Waals surface area contributed by atoms with Crippen molar-refractivity contribution in [2.75, 3.05) is 18.1 Å². The van der Waals surface area contributed by atoms with Gasteiger partial charge in [-0.15, -0.1) is 0 Å². The maximum absolute atomic E-state index is 13.5. The van der Waals surface area contributed by atoms with Gasteiger partial charge in [0.25, 0.3) is 0 Å². The van der Waals surface area contributed by atoms with Crippen LogP contribution in [0.15, 0.2) is 59.9 Å². The number of anilines is 1. The third kappa shape index (κ3) is 3.96. The van der Waals surface area contributed by atoms with Gasteiger partial charge in [0, 0.05) is 18.3 Å². The number of aromatic nitrogens is 4. The number of hydrogen-bond donors (Lipinski definition) is 1.